The summed E-state index contributed by atoms with van der Waals surface area (Å²) in [5.41, 5.74) is -0.280. The Bertz CT molecular complexity index is 1250. The maximum Gasteiger partial charge on any atom is 0.416 e. The van der Waals surface area contributed by atoms with Gasteiger partial charge in [-0.05, 0) is 42.8 Å². The van der Waals surface area contributed by atoms with Crippen LogP contribution in [0.4, 0.5) is 13.2 Å². The molecule has 12 heteroatoms. The number of benzene rings is 2. The van der Waals surface area contributed by atoms with Crippen molar-refractivity contribution < 1.29 is 31.2 Å². The molecule has 35 heavy (non-hydrogen) atoms. The zero-order valence-corrected chi connectivity index (χ0v) is 19.7. The normalized spacial score (nSPS) is 15.5. The zero-order chi connectivity index (χ0) is 26.0. The number of nitrogens with zero attached hydrogens (tertiary/aromatic N) is 3. The van der Waals surface area contributed by atoms with Crippen molar-refractivity contribution in [3.63, 3.8) is 0 Å². The van der Waals surface area contributed by atoms with Gasteiger partial charge in [0.05, 0.1) is 22.4 Å². The van der Waals surface area contributed by atoms with E-state index in [0.717, 1.165) is 21.3 Å². The third-order valence-corrected chi connectivity index (χ3v) is 7.61. The quantitative estimate of drug-likeness (QED) is 0.618. The molecule has 186 valence electrons. The van der Waals surface area contributed by atoms with E-state index in [1.807, 2.05) is 6.07 Å². The van der Waals surface area contributed by atoms with Gasteiger partial charge in [-0.15, -0.1) is 0 Å². The maximum absolute atomic E-state index is 12.9. The van der Waals surface area contributed by atoms with Gasteiger partial charge in [0.2, 0.25) is 15.9 Å². The van der Waals surface area contributed by atoms with Crippen LogP contribution in [0, 0.1) is 17.2 Å². The van der Waals surface area contributed by atoms with Crippen molar-refractivity contribution in [3.8, 4) is 6.07 Å². The molecule has 0 radical (unpaired) electrons. The predicted molar refractivity (Wildman–Crippen MR) is 119 cm³/mol. The molecule has 0 saturated carbocycles. The van der Waals surface area contributed by atoms with Crippen LogP contribution in [0.2, 0.25) is 0 Å². The number of carbonyl (C=O) groups is 2. The van der Waals surface area contributed by atoms with Crippen molar-refractivity contribution in [2.45, 2.75) is 30.6 Å². The van der Waals surface area contributed by atoms with Crippen molar-refractivity contribution >= 4 is 21.8 Å². The van der Waals surface area contributed by atoms with E-state index in [1.165, 1.54) is 50.4 Å². The summed E-state index contributed by atoms with van der Waals surface area (Å²) in [4.78, 5) is 26.5. The predicted octanol–water partition coefficient (Wildman–Crippen LogP) is 2.63. The molecular weight excluding hydrogens is 485 g/mol. The van der Waals surface area contributed by atoms with Crippen LogP contribution in [0.15, 0.2) is 53.4 Å². The minimum Gasteiger partial charge on any atom is -0.350 e. The van der Waals surface area contributed by atoms with E-state index in [9.17, 15) is 31.2 Å². The summed E-state index contributed by atoms with van der Waals surface area (Å²) in [5, 5.41) is 11.4. The Hall–Kier alpha value is -3.43. The van der Waals surface area contributed by atoms with E-state index in [1.54, 1.807) is 0 Å². The Morgan fingerprint density at radius 1 is 1.20 bits per heavy atom. The second kappa shape index (κ2) is 10.1. The lowest BCUT2D eigenvalue weighted by Gasteiger charge is -2.34. The van der Waals surface area contributed by atoms with Gasteiger partial charge >= 0.3 is 6.18 Å². The molecule has 0 bridgehead atoms. The number of nitrogens with one attached hydrogen (secondary N) is 1. The van der Waals surface area contributed by atoms with Gasteiger partial charge in [-0.3, -0.25) is 9.59 Å². The fourth-order valence-corrected chi connectivity index (χ4v) is 4.94. The van der Waals surface area contributed by atoms with Gasteiger partial charge in [0.1, 0.15) is 6.04 Å². The van der Waals surface area contributed by atoms with Crippen molar-refractivity contribution in [2.24, 2.45) is 5.92 Å². The molecule has 1 heterocycles. The van der Waals surface area contributed by atoms with Crippen molar-refractivity contribution in [3.05, 3.63) is 65.2 Å². The number of likely N-dealkylation sites (N-methyl/N-ethyl adjacent to an activating group) is 1. The Morgan fingerprint density at radius 2 is 1.83 bits per heavy atom. The number of carbonyl (C=O) groups excluding carboxylic acids is 2. The minimum absolute atomic E-state index is 0.0312. The molecule has 0 spiro atoms. The molecular formula is C23H23F3N4O4S. The second-order valence-electron chi connectivity index (χ2n) is 8.18. The van der Waals surface area contributed by atoms with Crippen molar-refractivity contribution in [1.82, 2.24) is 14.5 Å². The van der Waals surface area contributed by atoms with Gasteiger partial charge in [0, 0.05) is 32.2 Å². The molecule has 1 aliphatic heterocycles. The molecule has 8 nitrogen and oxygen atoms in total. The Balaban J connectivity index is 1.63. The lowest BCUT2D eigenvalue weighted by Crippen LogP contribution is -2.49. The van der Waals surface area contributed by atoms with Gasteiger partial charge in [-0.1, -0.05) is 18.2 Å². The number of hydrogen-bond acceptors (Lipinski definition) is 5. The standard InChI is InChI=1S/C23H23F3N4O4S/c1-15(21(31)28-12-16-6-8-19(9-7-16)23(24,25)26)29(2)22(32)18-4-3-5-20(10-18)35(33,34)30-13-17(11-27)14-30/h3-10,15,17H,12-14H2,1-2H3,(H,28,31)/t15-/m0/s1. The highest BCUT2D eigenvalue weighted by molar-refractivity contribution is 7.89. The maximum atomic E-state index is 12.9. The highest BCUT2D eigenvalue weighted by Crippen LogP contribution is 2.29. The van der Waals surface area contributed by atoms with Crippen molar-refractivity contribution in [1.29, 1.82) is 5.26 Å². The van der Waals surface area contributed by atoms with Crippen molar-refractivity contribution in [2.75, 3.05) is 20.1 Å². The van der Waals surface area contributed by atoms with Crippen LogP contribution >= 0.6 is 0 Å². The number of sulfonamides is 1. The summed E-state index contributed by atoms with van der Waals surface area (Å²) in [6, 6.07) is 10.8. The van der Waals surface area contributed by atoms with E-state index in [4.69, 9.17) is 5.26 Å². The Labute approximate surface area is 201 Å². The molecule has 1 saturated heterocycles. The lowest BCUT2D eigenvalue weighted by atomic mass is 10.1. The lowest BCUT2D eigenvalue weighted by molar-refractivity contribution is -0.137. The van der Waals surface area contributed by atoms with Crippen LogP contribution < -0.4 is 5.32 Å². The van der Waals surface area contributed by atoms with E-state index < -0.39 is 39.6 Å². The summed E-state index contributed by atoms with van der Waals surface area (Å²) in [7, 11) is -2.47. The molecule has 0 aromatic heterocycles. The molecule has 2 aromatic carbocycles. The topological polar surface area (TPSA) is 111 Å². The van der Waals surface area contributed by atoms with Crippen LogP contribution in [0.5, 0.6) is 0 Å². The summed E-state index contributed by atoms with van der Waals surface area (Å²) in [6.07, 6.45) is -4.45. The molecule has 1 atom stereocenters. The number of alkyl halides is 3. The minimum atomic E-state index is -4.45. The first-order chi connectivity index (χ1) is 16.3. The first-order valence-corrected chi connectivity index (χ1v) is 12.0. The smallest absolute Gasteiger partial charge is 0.350 e. The molecule has 0 unspecified atom stereocenters. The average Bonchev–Trinajstić information content (AvgIpc) is 2.80. The molecule has 2 aromatic rings. The van der Waals surface area contributed by atoms with Gasteiger partial charge in [-0.2, -0.15) is 22.7 Å². The Morgan fingerprint density at radius 3 is 2.40 bits per heavy atom. The van der Waals surface area contributed by atoms with E-state index >= 15 is 0 Å². The summed E-state index contributed by atoms with van der Waals surface area (Å²) in [5.74, 6) is -1.48. The first kappa shape index (κ1) is 26.2. The van der Waals surface area contributed by atoms with E-state index in [0.29, 0.717) is 5.56 Å². The van der Waals surface area contributed by atoms with Gasteiger partial charge < -0.3 is 10.2 Å². The molecule has 1 N–H and O–H groups in total. The number of amides is 2. The molecule has 0 aliphatic carbocycles. The highest BCUT2D eigenvalue weighted by atomic mass is 32.2. The number of halogens is 3. The van der Waals surface area contributed by atoms with Gasteiger partial charge in [0.25, 0.3) is 5.91 Å². The number of nitriles is 1. The summed E-state index contributed by atoms with van der Waals surface area (Å²) in [6.45, 7) is 1.62. The van der Waals surface area contributed by atoms with E-state index in [2.05, 4.69) is 5.32 Å². The molecule has 1 fully saturated rings. The van der Waals surface area contributed by atoms with E-state index in [-0.39, 0.29) is 36.0 Å². The number of hydrogen-bond donors (Lipinski definition) is 1. The molecule has 3 rings (SSSR count). The van der Waals surface area contributed by atoms with Gasteiger partial charge in [-0.25, -0.2) is 8.42 Å². The van der Waals surface area contributed by atoms with Gasteiger partial charge in [0.15, 0.2) is 0 Å². The van der Waals surface area contributed by atoms with Crippen LogP contribution in [0.1, 0.15) is 28.4 Å². The number of rotatable bonds is 7. The fraction of sp³-hybridized carbons (Fsp3) is 0.348. The average molecular weight is 509 g/mol. The van der Waals surface area contributed by atoms with Crippen LogP contribution in [0.25, 0.3) is 0 Å². The highest BCUT2D eigenvalue weighted by Gasteiger charge is 2.37. The third-order valence-electron chi connectivity index (χ3n) is 5.78. The largest absolute Gasteiger partial charge is 0.416 e. The monoisotopic (exact) mass is 508 g/mol. The summed E-state index contributed by atoms with van der Waals surface area (Å²) >= 11 is 0. The summed E-state index contributed by atoms with van der Waals surface area (Å²) < 4.78 is 64.6. The molecule has 2 amide bonds. The SMILES string of the molecule is C[C@@H](C(=O)NCc1ccc(C(F)(F)F)cc1)N(C)C(=O)c1cccc(S(=O)(=O)N2CC(C#N)C2)c1. The molecule has 1 aliphatic rings. The Kier molecular flexibility index (Phi) is 7.52. The fourth-order valence-electron chi connectivity index (χ4n) is 3.36. The van der Waals surface area contributed by atoms with Crippen LogP contribution in [-0.2, 0) is 27.5 Å². The van der Waals surface area contributed by atoms with Crippen LogP contribution in [0.3, 0.4) is 0 Å². The van der Waals surface area contributed by atoms with Crippen LogP contribution in [-0.4, -0.2) is 55.6 Å². The second-order valence-corrected chi connectivity index (χ2v) is 10.1. The first-order valence-electron chi connectivity index (χ1n) is 10.6. The zero-order valence-electron chi connectivity index (χ0n) is 18.9. The third kappa shape index (κ3) is 5.80.